The Morgan fingerprint density at radius 1 is 1.37 bits per heavy atom. The first-order valence-corrected chi connectivity index (χ1v) is 10.3. The van der Waals surface area contributed by atoms with Crippen molar-refractivity contribution in [3.05, 3.63) is 59.9 Å². The average Bonchev–Trinajstić information content (AvgIpc) is 2.80. The lowest BCUT2D eigenvalue weighted by atomic mass is 10.0. The molecule has 27 heavy (non-hydrogen) atoms. The van der Waals surface area contributed by atoms with Crippen LogP contribution in [-0.2, 0) is 10.0 Å². The number of hydrogen-bond donors (Lipinski definition) is 1. The van der Waals surface area contributed by atoms with Crippen LogP contribution in [0, 0.1) is 0 Å². The maximum Gasteiger partial charge on any atom is 0.511 e. The van der Waals surface area contributed by atoms with Crippen LogP contribution in [0.5, 0.6) is 0 Å². The molecule has 0 amide bonds. The number of nitrogens with one attached hydrogen (secondary N) is 1. The summed E-state index contributed by atoms with van der Waals surface area (Å²) in [4.78, 5) is 0. The van der Waals surface area contributed by atoms with Crippen LogP contribution in [0.4, 0.5) is 13.2 Å². The third-order valence-corrected chi connectivity index (χ3v) is 6.10. The lowest BCUT2D eigenvalue weighted by Crippen LogP contribution is -2.45. The van der Waals surface area contributed by atoms with Gasteiger partial charge in [-0.3, -0.25) is 0 Å². The highest BCUT2D eigenvalue weighted by molar-refractivity contribution is 7.90. The second kappa shape index (κ2) is 8.93. The van der Waals surface area contributed by atoms with Crippen LogP contribution >= 0.6 is 0 Å². The van der Waals surface area contributed by atoms with Gasteiger partial charge >= 0.3 is 15.5 Å². The largest absolute Gasteiger partial charge is 0.511 e. The molecule has 0 aromatic rings. The lowest BCUT2D eigenvalue weighted by molar-refractivity contribution is -0.0487. The van der Waals surface area contributed by atoms with Gasteiger partial charge in [0.25, 0.3) is 0 Å². The number of halogens is 3. The van der Waals surface area contributed by atoms with Crippen molar-refractivity contribution in [1.82, 2.24) is 9.62 Å². The topological polar surface area (TPSA) is 49.4 Å². The van der Waals surface area contributed by atoms with Crippen molar-refractivity contribution in [3.63, 3.8) is 0 Å². The zero-order chi connectivity index (χ0) is 20.1. The normalized spacial score (nSPS) is 22.5. The molecule has 0 saturated carbocycles. The predicted octanol–water partition coefficient (Wildman–Crippen LogP) is 4.18. The average molecular weight is 402 g/mol. The van der Waals surface area contributed by atoms with Crippen molar-refractivity contribution in [1.29, 1.82) is 0 Å². The van der Waals surface area contributed by atoms with E-state index in [-0.39, 0.29) is 13.1 Å². The second-order valence-electron chi connectivity index (χ2n) is 6.52. The van der Waals surface area contributed by atoms with Crippen LogP contribution in [0.2, 0.25) is 0 Å². The third-order valence-electron chi connectivity index (χ3n) is 4.56. The first-order valence-electron chi connectivity index (χ1n) is 8.86. The van der Waals surface area contributed by atoms with Gasteiger partial charge in [0.1, 0.15) is 0 Å². The fourth-order valence-electron chi connectivity index (χ4n) is 3.10. The molecule has 0 unspecified atom stereocenters. The Morgan fingerprint density at radius 3 is 2.70 bits per heavy atom. The summed E-state index contributed by atoms with van der Waals surface area (Å²) < 4.78 is 63.8. The van der Waals surface area contributed by atoms with E-state index in [2.05, 4.69) is 11.9 Å². The van der Waals surface area contributed by atoms with Gasteiger partial charge < -0.3 is 5.32 Å². The molecule has 0 bridgehead atoms. The molecule has 4 nitrogen and oxygen atoms in total. The molecule has 2 aliphatic rings. The molecule has 0 radical (unpaired) electrons. The van der Waals surface area contributed by atoms with Crippen molar-refractivity contribution >= 4 is 10.0 Å². The Kier molecular flexibility index (Phi) is 7.11. The van der Waals surface area contributed by atoms with Crippen LogP contribution in [-0.4, -0.2) is 37.4 Å². The van der Waals surface area contributed by atoms with Crippen molar-refractivity contribution < 1.29 is 21.6 Å². The Morgan fingerprint density at radius 2 is 2.07 bits per heavy atom. The summed E-state index contributed by atoms with van der Waals surface area (Å²) in [6.45, 7) is 5.14. The number of rotatable bonds is 6. The molecular weight excluding hydrogens is 377 g/mol. The lowest BCUT2D eigenvalue weighted by Gasteiger charge is -2.25. The van der Waals surface area contributed by atoms with Gasteiger partial charge in [0.2, 0.25) is 0 Å². The monoisotopic (exact) mass is 402 g/mol. The van der Waals surface area contributed by atoms with Crippen LogP contribution < -0.4 is 5.32 Å². The quantitative estimate of drug-likeness (QED) is 0.678. The Bertz CT molecular complexity index is 777. The van der Waals surface area contributed by atoms with E-state index in [9.17, 15) is 21.6 Å². The molecule has 1 fully saturated rings. The summed E-state index contributed by atoms with van der Waals surface area (Å²) in [6, 6.07) is -0.425. The van der Waals surface area contributed by atoms with Gasteiger partial charge in [0.15, 0.2) is 0 Å². The SMILES string of the molecule is C=C/C(=C\C=C/C)CC[C@H]1CN(S(=O)(=O)C(F)(F)F)CC2=CCCC=C2N1. The van der Waals surface area contributed by atoms with Crippen molar-refractivity contribution in [2.45, 2.75) is 44.2 Å². The summed E-state index contributed by atoms with van der Waals surface area (Å²) in [7, 11) is -5.39. The maximum absolute atomic E-state index is 13.1. The van der Waals surface area contributed by atoms with Crippen molar-refractivity contribution in [2.75, 3.05) is 13.1 Å². The molecule has 1 aliphatic carbocycles. The van der Waals surface area contributed by atoms with Crippen molar-refractivity contribution in [3.8, 4) is 0 Å². The molecule has 1 saturated heterocycles. The second-order valence-corrected chi connectivity index (χ2v) is 8.45. The minimum atomic E-state index is -5.39. The third kappa shape index (κ3) is 5.35. The fraction of sp³-hybridized carbons (Fsp3) is 0.474. The fourth-order valence-corrected chi connectivity index (χ4v) is 4.08. The van der Waals surface area contributed by atoms with E-state index in [1.165, 1.54) is 0 Å². The maximum atomic E-state index is 13.1. The molecule has 1 N–H and O–H groups in total. The van der Waals surface area contributed by atoms with Gasteiger partial charge in [-0.25, -0.2) is 8.42 Å². The molecule has 0 aromatic carbocycles. The number of alkyl halides is 3. The van der Waals surface area contributed by atoms with Crippen LogP contribution in [0.15, 0.2) is 59.9 Å². The minimum absolute atomic E-state index is 0.232. The molecule has 0 aromatic heterocycles. The first-order chi connectivity index (χ1) is 12.7. The number of sulfonamides is 1. The number of fused-ring (bicyclic) bond motifs is 1. The standard InChI is InChI=1S/C19H25F3N2O2S/c1-3-5-8-15(4-2)11-12-17-14-24(27(25,26)19(20,21)22)13-16-9-6-7-10-18(16)23-17/h3-5,8-10,17,23H,2,6-7,11-14H2,1H3/b5-3-,15-8+/t17-/m0/s1. The highest BCUT2D eigenvalue weighted by Crippen LogP contribution is 2.31. The van der Waals surface area contributed by atoms with Crippen LogP contribution in [0.3, 0.4) is 0 Å². The van der Waals surface area contributed by atoms with Gasteiger partial charge in [0, 0.05) is 24.8 Å². The first kappa shape index (κ1) is 21.5. The predicted molar refractivity (Wildman–Crippen MR) is 101 cm³/mol. The van der Waals surface area contributed by atoms with E-state index in [0.717, 1.165) is 17.7 Å². The van der Waals surface area contributed by atoms with Gasteiger partial charge in [-0.1, -0.05) is 43.0 Å². The molecule has 1 atom stereocenters. The van der Waals surface area contributed by atoms with E-state index < -0.39 is 21.6 Å². The summed E-state index contributed by atoms with van der Waals surface area (Å²) >= 11 is 0. The Balaban J connectivity index is 2.25. The van der Waals surface area contributed by atoms with Crippen LogP contribution in [0.1, 0.15) is 32.6 Å². The highest BCUT2D eigenvalue weighted by Gasteiger charge is 2.51. The molecule has 1 heterocycles. The van der Waals surface area contributed by atoms with E-state index in [1.807, 2.05) is 37.3 Å². The molecule has 150 valence electrons. The molecule has 2 rings (SSSR count). The van der Waals surface area contributed by atoms with E-state index in [4.69, 9.17) is 0 Å². The highest BCUT2D eigenvalue weighted by atomic mass is 32.2. The van der Waals surface area contributed by atoms with Gasteiger partial charge in [0.05, 0.1) is 0 Å². The minimum Gasteiger partial charge on any atom is -0.381 e. The molecule has 8 heteroatoms. The van der Waals surface area contributed by atoms with E-state index in [0.29, 0.717) is 29.1 Å². The summed E-state index contributed by atoms with van der Waals surface area (Å²) in [6.07, 6.45) is 13.6. The molecule has 1 aliphatic heterocycles. The van der Waals surface area contributed by atoms with E-state index in [1.54, 1.807) is 6.08 Å². The van der Waals surface area contributed by atoms with Gasteiger partial charge in [-0.05, 0) is 43.8 Å². The van der Waals surface area contributed by atoms with E-state index >= 15 is 0 Å². The summed E-state index contributed by atoms with van der Waals surface area (Å²) in [5.74, 6) is 0. The number of hydrogen-bond acceptors (Lipinski definition) is 3. The zero-order valence-electron chi connectivity index (χ0n) is 15.3. The molecular formula is C19H25F3N2O2S. The number of nitrogens with zero attached hydrogens (tertiary/aromatic N) is 1. The smallest absolute Gasteiger partial charge is 0.381 e. The number of allylic oxidation sites excluding steroid dienone is 7. The van der Waals surface area contributed by atoms with Gasteiger partial charge in [-0.2, -0.15) is 17.5 Å². The van der Waals surface area contributed by atoms with Gasteiger partial charge in [-0.15, -0.1) is 0 Å². The van der Waals surface area contributed by atoms with Crippen molar-refractivity contribution in [2.24, 2.45) is 0 Å². The zero-order valence-corrected chi connectivity index (χ0v) is 16.1. The summed E-state index contributed by atoms with van der Waals surface area (Å²) in [5.41, 5.74) is -3.02. The Labute approximate surface area is 158 Å². The van der Waals surface area contributed by atoms with Crippen LogP contribution in [0.25, 0.3) is 0 Å². The molecule has 0 spiro atoms. The summed E-state index contributed by atoms with van der Waals surface area (Å²) in [5, 5.41) is 3.25. The Hall–Kier alpha value is -1.80.